The Morgan fingerprint density at radius 2 is 1.32 bits per heavy atom. The molecule has 19 heavy (non-hydrogen) atoms. The quantitative estimate of drug-likeness (QED) is 0.362. The monoisotopic (exact) mass is 272 g/mol. The zero-order chi connectivity index (χ0) is 14.5. The van der Waals surface area contributed by atoms with E-state index >= 15 is 0 Å². The molecule has 0 aromatic rings. The van der Waals surface area contributed by atoms with Gasteiger partial charge in [-0.25, -0.2) is 4.90 Å². The van der Waals surface area contributed by atoms with E-state index in [4.69, 9.17) is 9.47 Å². The van der Waals surface area contributed by atoms with Gasteiger partial charge in [0.05, 0.1) is 0 Å². The molecule has 0 spiro atoms. The van der Waals surface area contributed by atoms with Crippen LogP contribution in [0.15, 0.2) is 0 Å². The molecule has 0 aliphatic heterocycles. The Morgan fingerprint density at radius 1 is 0.842 bits per heavy atom. The minimum atomic E-state index is 0.0923. The van der Waals surface area contributed by atoms with Crippen molar-refractivity contribution >= 4 is 0 Å². The van der Waals surface area contributed by atoms with Gasteiger partial charge in [-0.05, 0) is 33.1 Å². The second kappa shape index (κ2) is 12.9. The Morgan fingerprint density at radius 3 is 1.68 bits per heavy atom. The number of hydrogen-bond donors (Lipinski definition) is 0. The van der Waals surface area contributed by atoms with E-state index in [0.29, 0.717) is 0 Å². The van der Waals surface area contributed by atoms with Gasteiger partial charge in [0.2, 0.25) is 0 Å². The first-order valence-electron chi connectivity index (χ1n) is 8.01. The maximum atomic E-state index is 5.88. The summed E-state index contributed by atoms with van der Waals surface area (Å²) in [5, 5.41) is 0. The summed E-state index contributed by atoms with van der Waals surface area (Å²) in [5.41, 5.74) is 0. The van der Waals surface area contributed by atoms with E-state index in [-0.39, 0.29) is 12.5 Å². The summed E-state index contributed by atoms with van der Waals surface area (Å²) in [7, 11) is 0. The first-order chi connectivity index (χ1) is 9.17. The Balaban J connectivity index is 4.16. The molecular formula is C16H34NO2. The largest absolute Gasteiger partial charge is 0.363 e. The molecule has 3 nitrogen and oxygen atoms in total. The van der Waals surface area contributed by atoms with E-state index in [9.17, 15) is 0 Å². The molecule has 0 N–H and O–H groups in total. The molecule has 2 atom stereocenters. The lowest BCUT2D eigenvalue weighted by Gasteiger charge is -2.33. The summed E-state index contributed by atoms with van der Waals surface area (Å²) in [4.78, 5) is 2.22. The van der Waals surface area contributed by atoms with Gasteiger partial charge in [-0.1, -0.05) is 40.0 Å². The van der Waals surface area contributed by atoms with Crippen molar-refractivity contribution < 1.29 is 9.47 Å². The SMILES string of the molecule is CCC[CH]N(C(C)OCCCC)C(C)OCCCC. The van der Waals surface area contributed by atoms with E-state index in [1.165, 1.54) is 12.8 Å². The number of nitrogens with zero attached hydrogens (tertiary/aromatic N) is 1. The smallest absolute Gasteiger partial charge is 0.110 e. The van der Waals surface area contributed by atoms with Gasteiger partial charge in [-0.15, -0.1) is 0 Å². The maximum absolute atomic E-state index is 5.88. The van der Waals surface area contributed by atoms with Crippen molar-refractivity contribution in [1.29, 1.82) is 0 Å². The molecule has 0 bridgehead atoms. The molecule has 0 aromatic carbocycles. The molecule has 0 fully saturated rings. The molecule has 0 amide bonds. The van der Waals surface area contributed by atoms with Crippen LogP contribution in [0.1, 0.15) is 73.1 Å². The van der Waals surface area contributed by atoms with E-state index in [2.05, 4.69) is 46.1 Å². The predicted molar refractivity (Wildman–Crippen MR) is 81.7 cm³/mol. The summed E-state index contributed by atoms with van der Waals surface area (Å²) in [5.74, 6) is 0. The van der Waals surface area contributed by atoms with Crippen LogP contribution >= 0.6 is 0 Å². The first kappa shape index (κ1) is 18.9. The minimum Gasteiger partial charge on any atom is -0.363 e. The van der Waals surface area contributed by atoms with Crippen molar-refractivity contribution in [3.63, 3.8) is 0 Å². The fraction of sp³-hybridized carbons (Fsp3) is 0.938. The Hall–Kier alpha value is -0.120. The van der Waals surface area contributed by atoms with Crippen molar-refractivity contribution in [1.82, 2.24) is 4.90 Å². The van der Waals surface area contributed by atoms with Gasteiger partial charge in [-0.2, -0.15) is 0 Å². The third-order valence-corrected chi connectivity index (χ3v) is 3.18. The molecule has 115 valence electrons. The van der Waals surface area contributed by atoms with Crippen LogP contribution in [0.25, 0.3) is 0 Å². The Kier molecular flexibility index (Phi) is 12.8. The van der Waals surface area contributed by atoms with Crippen LogP contribution in [-0.2, 0) is 9.47 Å². The van der Waals surface area contributed by atoms with Crippen molar-refractivity contribution in [2.24, 2.45) is 0 Å². The summed E-state index contributed by atoms with van der Waals surface area (Å²) in [6.45, 7) is 14.7. The Labute approximate surface area is 120 Å². The molecule has 0 saturated heterocycles. The van der Waals surface area contributed by atoms with Crippen LogP contribution in [-0.4, -0.2) is 30.6 Å². The molecule has 0 aliphatic rings. The summed E-state index contributed by atoms with van der Waals surface area (Å²) < 4.78 is 11.8. The highest BCUT2D eigenvalue weighted by atomic mass is 16.5. The van der Waals surface area contributed by atoms with Gasteiger partial charge in [-0.3, -0.25) is 0 Å². The highest BCUT2D eigenvalue weighted by Gasteiger charge is 2.20. The van der Waals surface area contributed by atoms with Crippen LogP contribution in [0, 0.1) is 6.54 Å². The fourth-order valence-corrected chi connectivity index (χ4v) is 1.84. The summed E-state index contributed by atoms with van der Waals surface area (Å²) >= 11 is 0. The zero-order valence-corrected chi connectivity index (χ0v) is 13.7. The predicted octanol–water partition coefficient (Wildman–Crippen LogP) is 4.58. The lowest BCUT2D eigenvalue weighted by molar-refractivity contribution is -0.127. The second-order valence-corrected chi connectivity index (χ2v) is 5.07. The van der Waals surface area contributed by atoms with Gasteiger partial charge in [0.25, 0.3) is 0 Å². The third kappa shape index (κ3) is 9.42. The van der Waals surface area contributed by atoms with E-state index in [1.54, 1.807) is 0 Å². The standard InChI is InChI=1S/C16H34NO2/c1-6-9-12-17(15(4)18-13-10-7-2)16(5)19-14-11-8-3/h12,15-16H,6-11,13-14H2,1-5H3. The van der Waals surface area contributed by atoms with Crippen molar-refractivity contribution in [2.45, 2.75) is 85.6 Å². The molecule has 0 heterocycles. The Bertz CT molecular complexity index is 172. The molecule has 0 rings (SSSR count). The van der Waals surface area contributed by atoms with Crippen LogP contribution in [0.5, 0.6) is 0 Å². The topological polar surface area (TPSA) is 21.7 Å². The number of ether oxygens (including phenoxy) is 2. The molecule has 0 aliphatic carbocycles. The molecule has 3 heteroatoms. The maximum Gasteiger partial charge on any atom is 0.110 e. The first-order valence-corrected chi connectivity index (χ1v) is 8.01. The van der Waals surface area contributed by atoms with Gasteiger partial charge in [0, 0.05) is 19.8 Å². The van der Waals surface area contributed by atoms with Gasteiger partial charge >= 0.3 is 0 Å². The molecule has 0 aromatic heterocycles. The average Bonchev–Trinajstić information content (AvgIpc) is 2.40. The molecular weight excluding hydrogens is 238 g/mol. The van der Waals surface area contributed by atoms with Crippen LogP contribution in [0.4, 0.5) is 0 Å². The highest BCUT2D eigenvalue weighted by Crippen LogP contribution is 2.14. The van der Waals surface area contributed by atoms with Crippen molar-refractivity contribution in [3.8, 4) is 0 Å². The van der Waals surface area contributed by atoms with Crippen LogP contribution < -0.4 is 0 Å². The summed E-state index contributed by atoms with van der Waals surface area (Å²) in [6, 6.07) is 0. The number of rotatable bonds is 13. The molecule has 1 radical (unpaired) electrons. The fourth-order valence-electron chi connectivity index (χ4n) is 1.84. The van der Waals surface area contributed by atoms with Crippen molar-refractivity contribution in [2.75, 3.05) is 13.2 Å². The zero-order valence-electron chi connectivity index (χ0n) is 13.7. The normalized spacial score (nSPS) is 14.8. The highest BCUT2D eigenvalue weighted by molar-refractivity contribution is 4.72. The molecule has 2 unspecified atom stereocenters. The number of unbranched alkanes of at least 4 members (excludes halogenated alkanes) is 3. The third-order valence-electron chi connectivity index (χ3n) is 3.18. The second-order valence-electron chi connectivity index (χ2n) is 5.07. The van der Waals surface area contributed by atoms with Gasteiger partial charge < -0.3 is 9.47 Å². The van der Waals surface area contributed by atoms with Gasteiger partial charge in [0.15, 0.2) is 0 Å². The minimum absolute atomic E-state index is 0.0923. The van der Waals surface area contributed by atoms with Crippen LogP contribution in [0.3, 0.4) is 0 Å². The van der Waals surface area contributed by atoms with E-state index < -0.39 is 0 Å². The van der Waals surface area contributed by atoms with Crippen molar-refractivity contribution in [3.05, 3.63) is 6.54 Å². The lowest BCUT2D eigenvalue weighted by atomic mass is 10.3. The number of hydrogen-bond acceptors (Lipinski definition) is 3. The lowest BCUT2D eigenvalue weighted by Crippen LogP contribution is -2.41. The average molecular weight is 272 g/mol. The van der Waals surface area contributed by atoms with Crippen LogP contribution in [0.2, 0.25) is 0 Å². The van der Waals surface area contributed by atoms with Gasteiger partial charge in [0.1, 0.15) is 12.5 Å². The van der Waals surface area contributed by atoms with E-state index in [0.717, 1.165) is 38.9 Å². The van der Waals surface area contributed by atoms with E-state index in [1.807, 2.05) is 0 Å². The molecule has 0 saturated carbocycles. The summed E-state index contributed by atoms with van der Waals surface area (Å²) in [6.07, 6.45) is 7.00.